The molecule has 0 aliphatic heterocycles. The van der Waals surface area contributed by atoms with Crippen molar-refractivity contribution in [1.82, 2.24) is 9.97 Å². The van der Waals surface area contributed by atoms with Crippen LogP contribution in [0.2, 0.25) is 5.02 Å². The highest BCUT2D eigenvalue weighted by Crippen LogP contribution is 2.22. The highest BCUT2D eigenvalue weighted by molar-refractivity contribution is 6.31. The Morgan fingerprint density at radius 2 is 2.26 bits per heavy atom. The van der Waals surface area contributed by atoms with Crippen LogP contribution in [0.15, 0.2) is 35.6 Å². The molecule has 0 unspecified atom stereocenters. The summed E-state index contributed by atoms with van der Waals surface area (Å²) in [5.74, 6) is -0.134. The number of hydrogen-bond donors (Lipinski definition) is 1. The van der Waals surface area contributed by atoms with Crippen molar-refractivity contribution >= 4 is 11.6 Å². The Kier molecular flexibility index (Phi) is 3.81. The normalized spacial score (nSPS) is 10.5. The van der Waals surface area contributed by atoms with Gasteiger partial charge in [-0.1, -0.05) is 17.7 Å². The Balaban J connectivity index is 2.55. The van der Waals surface area contributed by atoms with E-state index in [1.807, 2.05) is 0 Å². The quantitative estimate of drug-likeness (QED) is 0.876. The van der Waals surface area contributed by atoms with Gasteiger partial charge in [-0.05, 0) is 31.5 Å². The molecule has 0 aliphatic rings. The number of allylic oxidation sites excluding steroid dienone is 1. The van der Waals surface area contributed by atoms with Gasteiger partial charge in [-0.3, -0.25) is 4.79 Å². The molecule has 2 aromatic rings. The van der Waals surface area contributed by atoms with Crippen LogP contribution in [0.5, 0.6) is 0 Å². The molecule has 0 fully saturated rings. The standard InChI is InChI=1S/C14H12ClFN2O/c1-3-4-10-8(2)17-13(18-14(10)19)9-5-6-12(16)11(15)7-9/h3,5-7H,1,4H2,2H3,(H,17,18,19). The van der Waals surface area contributed by atoms with Gasteiger partial charge in [0.05, 0.1) is 5.02 Å². The zero-order chi connectivity index (χ0) is 14.0. The summed E-state index contributed by atoms with van der Waals surface area (Å²) < 4.78 is 13.1. The van der Waals surface area contributed by atoms with Crippen molar-refractivity contribution in [2.45, 2.75) is 13.3 Å². The fourth-order valence-electron chi connectivity index (χ4n) is 1.78. The van der Waals surface area contributed by atoms with Crippen LogP contribution in [-0.2, 0) is 6.42 Å². The van der Waals surface area contributed by atoms with E-state index in [9.17, 15) is 9.18 Å². The second-order valence-corrected chi connectivity index (χ2v) is 4.51. The maximum absolute atomic E-state index is 13.1. The molecule has 1 aromatic carbocycles. The molecule has 1 heterocycles. The van der Waals surface area contributed by atoms with Crippen molar-refractivity contribution in [1.29, 1.82) is 0 Å². The summed E-state index contributed by atoms with van der Waals surface area (Å²) in [5, 5.41) is -0.00651. The number of nitrogens with zero attached hydrogens (tertiary/aromatic N) is 1. The minimum absolute atomic E-state index is 0.00651. The number of aryl methyl sites for hydroxylation is 1. The van der Waals surface area contributed by atoms with Gasteiger partial charge in [-0.15, -0.1) is 6.58 Å². The van der Waals surface area contributed by atoms with E-state index in [1.54, 1.807) is 13.0 Å². The summed E-state index contributed by atoms with van der Waals surface area (Å²) in [7, 11) is 0. The lowest BCUT2D eigenvalue weighted by atomic mass is 10.1. The predicted molar refractivity (Wildman–Crippen MR) is 73.9 cm³/mol. The Labute approximate surface area is 114 Å². The summed E-state index contributed by atoms with van der Waals surface area (Å²) >= 11 is 5.72. The van der Waals surface area contributed by atoms with Crippen LogP contribution in [0.4, 0.5) is 4.39 Å². The van der Waals surface area contributed by atoms with Gasteiger partial charge in [-0.2, -0.15) is 0 Å². The molecule has 19 heavy (non-hydrogen) atoms. The highest BCUT2D eigenvalue weighted by atomic mass is 35.5. The van der Waals surface area contributed by atoms with Crippen molar-refractivity contribution in [2.24, 2.45) is 0 Å². The number of aromatic amines is 1. The maximum Gasteiger partial charge on any atom is 0.254 e. The first-order valence-electron chi connectivity index (χ1n) is 5.69. The van der Waals surface area contributed by atoms with E-state index in [-0.39, 0.29) is 10.6 Å². The lowest BCUT2D eigenvalue weighted by Gasteiger charge is -2.06. The van der Waals surface area contributed by atoms with Crippen LogP contribution in [-0.4, -0.2) is 9.97 Å². The van der Waals surface area contributed by atoms with E-state index in [4.69, 9.17) is 11.6 Å². The average Bonchev–Trinajstić information content (AvgIpc) is 2.37. The highest BCUT2D eigenvalue weighted by Gasteiger charge is 2.09. The molecule has 0 bridgehead atoms. The largest absolute Gasteiger partial charge is 0.306 e. The van der Waals surface area contributed by atoms with Gasteiger partial charge in [-0.25, -0.2) is 9.37 Å². The van der Waals surface area contributed by atoms with Gasteiger partial charge < -0.3 is 4.98 Å². The fraction of sp³-hybridized carbons (Fsp3) is 0.143. The van der Waals surface area contributed by atoms with Crippen molar-refractivity contribution in [3.8, 4) is 11.4 Å². The molecule has 98 valence electrons. The van der Waals surface area contributed by atoms with Crippen LogP contribution in [0.25, 0.3) is 11.4 Å². The molecule has 0 radical (unpaired) electrons. The summed E-state index contributed by atoms with van der Waals surface area (Å²) in [6, 6.07) is 4.19. The molecular formula is C14H12ClFN2O. The Morgan fingerprint density at radius 3 is 2.84 bits per heavy atom. The number of rotatable bonds is 3. The van der Waals surface area contributed by atoms with Gasteiger partial charge in [0.2, 0.25) is 0 Å². The third-order valence-corrected chi connectivity index (χ3v) is 3.05. The summed E-state index contributed by atoms with van der Waals surface area (Å²) in [6.07, 6.45) is 2.10. The number of halogens is 2. The van der Waals surface area contributed by atoms with E-state index in [2.05, 4.69) is 16.5 Å². The Morgan fingerprint density at radius 1 is 1.53 bits per heavy atom. The van der Waals surface area contributed by atoms with E-state index in [0.29, 0.717) is 29.1 Å². The molecular weight excluding hydrogens is 267 g/mol. The molecule has 0 spiro atoms. The van der Waals surface area contributed by atoms with Gasteiger partial charge in [0.25, 0.3) is 5.56 Å². The molecule has 2 rings (SSSR count). The maximum atomic E-state index is 13.1. The third-order valence-electron chi connectivity index (χ3n) is 2.76. The third kappa shape index (κ3) is 2.74. The van der Waals surface area contributed by atoms with E-state index in [0.717, 1.165) is 0 Å². The molecule has 5 heteroatoms. The molecule has 0 amide bonds. The average molecular weight is 279 g/mol. The van der Waals surface area contributed by atoms with Crippen LogP contribution in [0.1, 0.15) is 11.3 Å². The second kappa shape index (κ2) is 5.36. The van der Waals surface area contributed by atoms with E-state index in [1.165, 1.54) is 18.2 Å². The molecule has 0 aliphatic carbocycles. The molecule has 0 saturated carbocycles. The van der Waals surface area contributed by atoms with Gasteiger partial charge in [0, 0.05) is 16.8 Å². The zero-order valence-corrected chi connectivity index (χ0v) is 11.1. The first-order chi connectivity index (χ1) is 9.02. The summed E-state index contributed by atoms with van der Waals surface area (Å²) in [5.41, 5.74) is 1.55. The lowest BCUT2D eigenvalue weighted by Crippen LogP contribution is -2.16. The number of hydrogen-bond acceptors (Lipinski definition) is 2. The Bertz CT molecular complexity index is 694. The van der Waals surface area contributed by atoms with Crippen molar-refractivity contribution in [3.63, 3.8) is 0 Å². The van der Waals surface area contributed by atoms with Gasteiger partial charge in [0.15, 0.2) is 0 Å². The molecule has 0 atom stereocenters. The summed E-state index contributed by atoms with van der Waals surface area (Å²) in [4.78, 5) is 18.9. The van der Waals surface area contributed by atoms with Crippen LogP contribution in [0, 0.1) is 12.7 Å². The monoisotopic (exact) mass is 278 g/mol. The van der Waals surface area contributed by atoms with Gasteiger partial charge in [0.1, 0.15) is 11.6 Å². The molecule has 1 aromatic heterocycles. The van der Waals surface area contributed by atoms with Crippen molar-refractivity contribution < 1.29 is 4.39 Å². The first-order valence-corrected chi connectivity index (χ1v) is 6.07. The molecule has 0 saturated heterocycles. The summed E-state index contributed by atoms with van der Waals surface area (Å²) in [6.45, 7) is 5.35. The lowest BCUT2D eigenvalue weighted by molar-refractivity contribution is 0.628. The first kappa shape index (κ1) is 13.5. The number of aromatic nitrogens is 2. The zero-order valence-electron chi connectivity index (χ0n) is 10.3. The number of H-pyrrole nitrogens is 1. The fourth-order valence-corrected chi connectivity index (χ4v) is 1.96. The van der Waals surface area contributed by atoms with Crippen molar-refractivity contribution in [3.05, 3.63) is 63.3 Å². The van der Waals surface area contributed by atoms with E-state index < -0.39 is 5.82 Å². The Hall–Kier alpha value is -1.94. The van der Waals surface area contributed by atoms with Crippen LogP contribution in [0.3, 0.4) is 0 Å². The van der Waals surface area contributed by atoms with Crippen molar-refractivity contribution in [2.75, 3.05) is 0 Å². The van der Waals surface area contributed by atoms with Crippen LogP contribution >= 0.6 is 11.6 Å². The SMILES string of the molecule is C=CCc1c(C)nc(-c2ccc(F)c(Cl)c2)[nH]c1=O. The molecule has 1 N–H and O–H groups in total. The van der Waals surface area contributed by atoms with Crippen LogP contribution < -0.4 is 5.56 Å². The van der Waals surface area contributed by atoms with E-state index >= 15 is 0 Å². The number of benzene rings is 1. The minimum atomic E-state index is -0.507. The number of nitrogens with one attached hydrogen (secondary N) is 1. The second-order valence-electron chi connectivity index (χ2n) is 4.10. The van der Waals surface area contributed by atoms with Gasteiger partial charge >= 0.3 is 0 Å². The predicted octanol–water partition coefficient (Wildman–Crippen LogP) is 3.27. The smallest absolute Gasteiger partial charge is 0.254 e. The minimum Gasteiger partial charge on any atom is -0.306 e. The topological polar surface area (TPSA) is 45.8 Å². The molecule has 3 nitrogen and oxygen atoms in total.